The van der Waals surface area contributed by atoms with Crippen molar-refractivity contribution in [2.75, 3.05) is 6.61 Å². The minimum Gasteiger partial charge on any atom is -0.500 e. The van der Waals surface area contributed by atoms with E-state index in [-0.39, 0.29) is 5.78 Å². The molecule has 0 aliphatic carbocycles. The maximum Gasteiger partial charge on any atom is 0.196 e. The molecule has 2 heterocycles. The summed E-state index contributed by atoms with van der Waals surface area (Å²) in [4.78, 5) is 11.8. The zero-order chi connectivity index (χ0) is 10.1. The van der Waals surface area contributed by atoms with Crippen LogP contribution in [0, 0.1) is 0 Å². The van der Waals surface area contributed by atoms with Gasteiger partial charge in [0.2, 0.25) is 0 Å². The molecule has 0 radical (unpaired) electrons. The van der Waals surface area contributed by atoms with Gasteiger partial charge in [-0.15, -0.1) is 0 Å². The summed E-state index contributed by atoms with van der Waals surface area (Å²) in [6, 6.07) is 0. The van der Waals surface area contributed by atoms with Gasteiger partial charge in [0.1, 0.15) is 4.60 Å². The summed E-state index contributed by atoms with van der Waals surface area (Å²) in [6.45, 7) is 0.596. The van der Waals surface area contributed by atoms with E-state index in [1.54, 1.807) is 17.9 Å². The van der Waals surface area contributed by atoms with Gasteiger partial charge in [0.05, 0.1) is 24.6 Å². The van der Waals surface area contributed by atoms with Crippen molar-refractivity contribution in [3.05, 3.63) is 28.2 Å². The largest absolute Gasteiger partial charge is 0.500 e. The molecule has 5 heteroatoms. The fraction of sp³-hybridized carbons (Fsp3) is 0.333. The van der Waals surface area contributed by atoms with Crippen molar-refractivity contribution in [1.82, 2.24) is 9.78 Å². The van der Waals surface area contributed by atoms with Gasteiger partial charge in [0.15, 0.2) is 5.78 Å². The van der Waals surface area contributed by atoms with Gasteiger partial charge in [-0.2, -0.15) is 5.10 Å². The Balaban J connectivity index is 2.31. The second-order valence-corrected chi connectivity index (χ2v) is 3.82. The Morgan fingerprint density at radius 2 is 2.50 bits per heavy atom. The molecule has 0 amide bonds. The molecule has 1 aromatic heterocycles. The van der Waals surface area contributed by atoms with Crippen LogP contribution in [0.3, 0.4) is 0 Å². The summed E-state index contributed by atoms with van der Waals surface area (Å²) in [5.41, 5.74) is 1.29. The van der Waals surface area contributed by atoms with Crippen molar-refractivity contribution < 1.29 is 9.53 Å². The average Bonchev–Trinajstić information content (AvgIpc) is 2.77. The Bertz CT molecular complexity index is 409. The number of aromatic nitrogens is 2. The Kier molecular flexibility index (Phi) is 2.41. The summed E-state index contributed by atoms with van der Waals surface area (Å²) in [5, 5.41) is 3.99. The van der Waals surface area contributed by atoms with Gasteiger partial charge in [-0.05, 0) is 15.9 Å². The maximum atomic E-state index is 11.8. The van der Waals surface area contributed by atoms with Crippen LogP contribution in [0.2, 0.25) is 0 Å². The normalized spacial score (nSPS) is 15.1. The summed E-state index contributed by atoms with van der Waals surface area (Å²) in [5.74, 6) is -0.0116. The number of nitrogens with zero attached hydrogens (tertiary/aromatic N) is 2. The highest BCUT2D eigenvalue weighted by Crippen LogP contribution is 2.22. The minimum absolute atomic E-state index is 0.0116. The Morgan fingerprint density at radius 1 is 1.71 bits per heavy atom. The lowest BCUT2D eigenvalue weighted by molar-refractivity contribution is 0.103. The molecule has 1 aliphatic heterocycles. The van der Waals surface area contributed by atoms with Gasteiger partial charge in [0.25, 0.3) is 0 Å². The molecule has 0 atom stereocenters. The summed E-state index contributed by atoms with van der Waals surface area (Å²) in [6.07, 6.45) is 3.77. The van der Waals surface area contributed by atoms with Crippen LogP contribution >= 0.6 is 15.9 Å². The fourth-order valence-electron chi connectivity index (χ4n) is 1.30. The van der Waals surface area contributed by atoms with E-state index in [0.29, 0.717) is 28.8 Å². The lowest BCUT2D eigenvalue weighted by Gasteiger charge is -1.97. The van der Waals surface area contributed by atoms with Gasteiger partial charge in [-0.3, -0.25) is 9.48 Å². The Morgan fingerprint density at radius 3 is 3.00 bits per heavy atom. The Labute approximate surface area is 89.7 Å². The highest BCUT2D eigenvalue weighted by atomic mass is 79.9. The summed E-state index contributed by atoms with van der Waals surface area (Å²) in [7, 11) is 1.78. The van der Waals surface area contributed by atoms with E-state index in [2.05, 4.69) is 21.0 Å². The third-order valence-corrected chi connectivity index (χ3v) is 3.06. The standard InChI is InChI=1S/C9H9BrN2O2/c1-12-9(10)7(4-11-12)8(13)6-2-3-14-5-6/h4-5H,2-3H2,1H3. The number of hydrogen-bond acceptors (Lipinski definition) is 3. The number of halogens is 1. The van der Waals surface area contributed by atoms with Crippen molar-refractivity contribution in [2.24, 2.45) is 7.05 Å². The van der Waals surface area contributed by atoms with E-state index in [1.807, 2.05) is 0 Å². The molecule has 0 spiro atoms. The third-order valence-electron chi connectivity index (χ3n) is 2.12. The number of ether oxygens (including phenoxy) is 1. The van der Waals surface area contributed by atoms with Crippen molar-refractivity contribution in [3.8, 4) is 0 Å². The number of carbonyl (C=O) groups is 1. The Hall–Kier alpha value is -1.10. The molecule has 0 saturated carbocycles. The first-order chi connectivity index (χ1) is 6.70. The van der Waals surface area contributed by atoms with E-state index < -0.39 is 0 Å². The number of aryl methyl sites for hydroxylation is 1. The molecular formula is C9H9BrN2O2. The molecule has 0 aromatic carbocycles. The molecule has 4 nitrogen and oxygen atoms in total. The molecule has 0 saturated heterocycles. The molecule has 74 valence electrons. The van der Waals surface area contributed by atoms with E-state index in [9.17, 15) is 4.79 Å². The molecular weight excluding hydrogens is 248 g/mol. The van der Waals surface area contributed by atoms with Crippen LogP contribution in [0.4, 0.5) is 0 Å². The van der Waals surface area contributed by atoms with E-state index in [4.69, 9.17) is 4.74 Å². The van der Waals surface area contributed by atoms with Gasteiger partial charge >= 0.3 is 0 Å². The van der Waals surface area contributed by atoms with Crippen LogP contribution in [-0.4, -0.2) is 22.2 Å². The van der Waals surface area contributed by atoms with Crippen LogP contribution in [-0.2, 0) is 11.8 Å². The SMILES string of the molecule is Cn1ncc(C(=O)C2=COCC2)c1Br. The third kappa shape index (κ3) is 1.48. The summed E-state index contributed by atoms with van der Waals surface area (Å²) >= 11 is 3.31. The minimum atomic E-state index is -0.0116. The molecule has 0 fully saturated rings. The first-order valence-corrected chi connectivity index (χ1v) is 5.02. The van der Waals surface area contributed by atoms with Crippen molar-refractivity contribution in [1.29, 1.82) is 0 Å². The monoisotopic (exact) mass is 256 g/mol. The van der Waals surface area contributed by atoms with E-state index >= 15 is 0 Å². The van der Waals surface area contributed by atoms with Gasteiger partial charge in [0, 0.05) is 19.0 Å². The van der Waals surface area contributed by atoms with Gasteiger partial charge in [-0.25, -0.2) is 0 Å². The van der Waals surface area contributed by atoms with Gasteiger partial charge in [-0.1, -0.05) is 0 Å². The van der Waals surface area contributed by atoms with Crippen LogP contribution < -0.4 is 0 Å². The average molecular weight is 257 g/mol. The predicted octanol–water partition coefficient (Wildman–Crippen LogP) is 1.67. The van der Waals surface area contributed by atoms with Crippen LogP contribution in [0.5, 0.6) is 0 Å². The highest BCUT2D eigenvalue weighted by molar-refractivity contribution is 9.10. The number of carbonyl (C=O) groups excluding carboxylic acids is 1. The molecule has 2 rings (SSSR count). The lowest BCUT2D eigenvalue weighted by Crippen LogP contribution is -2.02. The fourth-order valence-corrected chi connectivity index (χ4v) is 1.68. The van der Waals surface area contributed by atoms with Crippen molar-refractivity contribution in [2.45, 2.75) is 6.42 Å². The molecule has 1 aromatic rings. The van der Waals surface area contributed by atoms with Crippen LogP contribution in [0.1, 0.15) is 16.8 Å². The second-order valence-electron chi connectivity index (χ2n) is 3.07. The molecule has 0 unspecified atom stereocenters. The van der Waals surface area contributed by atoms with Gasteiger partial charge < -0.3 is 4.74 Å². The van der Waals surface area contributed by atoms with E-state index in [0.717, 1.165) is 0 Å². The molecule has 0 bridgehead atoms. The maximum absolute atomic E-state index is 11.8. The van der Waals surface area contributed by atoms with Crippen molar-refractivity contribution in [3.63, 3.8) is 0 Å². The molecule has 1 aliphatic rings. The molecule has 0 N–H and O–H groups in total. The van der Waals surface area contributed by atoms with Crippen LogP contribution in [0.25, 0.3) is 0 Å². The van der Waals surface area contributed by atoms with Crippen LogP contribution in [0.15, 0.2) is 22.6 Å². The van der Waals surface area contributed by atoms with E-state index in [1.165, 1.54) is 6.26 Å². The number of ketones is 1. The zero-order valence-corrected chi connectivity index (χ0v) is 9.24. The smallest absolute Gasteiger partial charge is 0.196 e. The predicted molar refractivity (Wildman–Crippen MR) is 53.9 cm³/mol. The quantitative estimate of drug-likeness (QED) is 0.757. The number of rotatable bonds is 2. The summed E-state index contributed by atoms with van der Waals surface area (Å²) < 4.78 is 7.34. The lowest BCUT2D eigenvalue weighted by atomic mass is 10.1. The number of Topliss-reactive ketones (excluding diaryl/α,β-unsaturated/α-hetero) is 1. The first kappa shape index (κ1) is 9.45. The second kappa shape index (κ2) is 3.57. The highest BCUT2D eigenvalue weighted by Gasteiger charge is 2.20. The zero-order valence-electron chi connectivity index (χ0n) is 7.66. The number of hydrogen-bond donors (Lipinski definition) is 0. The first-order valence-electron chi connectivity index (χ1n) is 4.23. The topological polar surface area (TPSA) is 44.1 Å². The van der Waals surface area contributed by atoms with Crippen molar-refractivity contribution >= 4 is 21.7 Å². The molecule has 14 heavy (non-hydrogen) atoms.